The van der Waals surface area contributed by atoms with E-state index in [9.17, 15) is 5.11 Å². The van der Waals surface area contributed by atoms with Crippen LogP contribution in [-0.4, -0.2) is 82.8 Å². The van der Waals surface area contributed by atoms with Crippen LogP contribution in [0.1, 0.15) is 13.3 Å². The average molecular weight is 319 g/mol. The zero-order valence-corrected chi connectivity index (χ0v) is 13.4. The van der Waals surface area contributed by atoms with Crippen LogP contribution in [0.2, 0.25) is 0 Å². The Labute approximate surface area is 132 Å². The minimum atomic E-state index is -0.629. The monoisotopic (exact) mass is 319 g/mol. The molecule has 2 fully saturated rings. The molecule has 0 aromatic rings. The highest BCUT2D eigenvalue weighted by atomic mass is 16.6. The number of aliphatic hydroxyl groups is 1. The molecule has 0 radical (unpaired) electrons. The molecule has 0 spiro atoms. The van der Waals surface area contributed by atoms with Gasteiger partial charge in [0.25, 0.3) is 0 Å². The van der Waals surface area contributed by atoms with Gasteiger partial charge in [-0.3, -0.25) is 0 Å². The van der Waals surface area contributed by atoms with Gasteiger partial charge >= 0.3 is 0 Å². The van der Waals surface area contributed by atoms with Crippen molar-refractivity contribution >= 4 is 0 Å². The number of hydrogen-bond acceptors (Lipinski definition) is 7. The third kappa shape index (κ3) is 6.87. The van der Waals surface area contributed by atoms with Crippen LogP contribution in [-0.2, 0) is 23.7 Å². The van der Waals surface area contributed by atoms with E-state index in [1.807, 2.05) is 0 Å². The second-order valence-corrected chi connectivity index (χ2v) is 6.20. The van der Waals surface area contributed by atoms with E-state index in [1.165, 1.54) is 0 Å². The normalized spacial score (nSPS) is 27.4. The Morgan fingerprint density at radius 2 is 1.59 bits per heavy atom. The van der Waals surface area contributed by atoms with Crippen molar-refractivity contribution in [2.75, 3.05) is 59.4 Å². The Kier molecular flexibility index (Phi) is 7.49. The van der Waals surface area contributed by atoms with Crippen LogP contribution in [0.5, 0.6) is 0 Å². The van der Waals surface area contributed by atoms with Crippen LogP contribution >= 0.6 is 0 Å². The van der Waals surface area contributed by atoms with Crippen LogP contribution in [0.4, 0.5) is 0 Å². The lowest BCUT2D eigenvalue weighted by Crippen LogP contribution is -2.39. The van der Waals surface area contributed by atoms with Crippen molar-refractivity contribution in [3.63, 3.8) is 0 Å². The van der Waals surface area contributed by atoms with Gasteiger partial charge in [-0.2, -0.15) is 0 Å². The highest BCUT2D eigenvalue weighted by Gasteiger charge is 2.33. The molecular formula is C15H29NO6. The van der Waals surface area contributed by atoms with Crippen LogP contribution in [0.25, 0.3) is 0 Å². The average Bonchev–Trinajstić information content (AvgIpc) is 3.41. The molecule has 3 unspecified atom stereocenters. The van der Waals surface area contributed by atoms with Gasteiger partial charge in [0.2, 0.25) is 0 Å². The molecule has 22 heavy (non-hydrogen) atoms. The van der Waals surface area contributed by atoms with Crippen LogP contribution in [0, 0.1) is 5.41 Å². The molecule has 2 rings (SSSR count). The van der Waals surface area contributed by atoms with Crippen molar-refractivity contribution in [1.82, 2.24) is 0 Å². The molecule has 0 aromatic carbocycles. The Bertz CT molecular complexity index is 290. The molecule has 7 nitrogen and oxygen atoms in total. The van der Waals surface area contributed by atoms with E-state index in [-0.39, 0.29) is 30.8 Å². The van der Waals surface area contributed by atoms with Crippen molar-refractivity contribution < 1.29 is 28.8 Å². The fourth-order valence-electron chi connectivity index (χ4n) is 2.05. The zero-order chi connectivity index (χ0) is 15.8. The molecule has 0 bridgehead atoms. The number of aliphatic hydroxyl groups excluding tert-OH is 1. The first-order valence-electron chi connectivity index (χ1n) is 8.02. The van der Waals surface area contributed by atoms with Crippen LogP contribution in [0.15, 0.2) is 0 Å². The second-order valence-electron chi connectivity index (χ2n) is 6.20. The predicted octanol–water partition coefficient (Wildman–Crippen LogP) is -0.450. The highest BCUT2D eigenvalue weighted by molar-refractivity contribution is 4.80. The molecule has 0 amide bonds. The molecule has 7 heteroatoms. The first-order valence-corrected chi connectivity index (χ1v) is 8.02. The van der Waals surface area contributed by atoms with Crippen LogP contribution in [0.3, 0.4) is 0 Å². The minimum absolute atomic E-state index is 0.199. The predicted molar refractivity (Wildman–Crippen MR) is 79.7 cm³/mol. The Morgan fingerprint density at radius 1 is 1.09 bits per heavy atom. The molecule has 3 atom stereocenters. The van der Waals surface area contributed by atoms with E-state index >= 15 is 0 Å². The van der Waals surface area contributed by atoms with Gasteiger partial charge in [0.15, 0.2) is 0 Å². The van der Waals surface area contributed by atoms with Crippen molar-refractivity contribution in [2.24, 2.45) is 11.1 Å². The zero-order valence-electron chi connectivity index (χ0n) is 13.4. The summed E-state index contributed by atoms with van der Waals surface area (Å²) >= 11 is 0. The lowest BCUT2D eigenvalue weighted by atomic mass is 9.88. The van der Waals surface area contributed by atoms with E-state index in [1.54, 1.807) is 0 Å². The van der Waals surface area contributed by atoms with Crippen molar-refractivity contribution in [2.45, 2.75) is 31.7 Å². The summed E-state index contributed by atoms with van der Waals surface area (Å²) in [4.78, 5) is 0. The summed E-state index contributed by atoms with van der Waals surface area (Å²) in [6.45, 7) is 6.88. The van der Waals surface area contributed by atoms with E-state index in [0.29, 0.717) is 33.0 Å². The first kappa shape index (κ1) is 18.1. The van der Waals surface area contributed by atoms with Crippen molar-refractivity contribution in [1.29, 1.82) is 0 Å². The molecule has 2 saturated heterocycles. The van der Waals surface area contributed by atoms with Gasteiger partial charge in [0, 0.05) is 12.0 Å². The number of rotatable bonds is 14. The summed E-state index contributed by atoms with van der Waals surface area (Å²) in [5.74, 6) is 0. The van der Waals surface area contributed by atoms with Crippen LogP contribution < -0.4 is 5.73 Å². The van der Waals surface area contributed by atoms with E-state index in [2.05, 4.69) is 6.92 Å². The Hall–Kier alpha value is -0.280. The molecule has 2 aliphatic heterocycles. The molecule has 3 N–H and O–H groups in total. The fraction of sp³-hybridized carbons (Fsp3) is 1.00. The van der Waals surface area contributed by atoms with Gasteiger partial charge in [-0.25, -0.2) is 0 Å². The van der Waals surface area contributed by atoms with Gasteiger partial charge in [-0.1, -0.05) is 6.92 Å². The SMILES string of the molecule is CCC(COCC(O)CN)(COCC1CO1)COCC1CO1. The van der Waals surface area contributed by atoms with E-state index in [4.69, 9.17) is 29.4 Å². The summed E-state index contributed by atoms with van der Waals surface area (Å²) in [7, 11) is 0. The molecule has 0 aromatic heterocycles. The Balaban J connectivity index is 1.74. The molecule has 2 heterocycles. The van der Waals surface area contributed by atoms with Gasteiger partial charge in [0.05, 0.1) is 59.0 Å². The largest absolute Gasteiger partial charge is 0.389 e. The summed E-state index contributed by atoms with van der Waals surface area (Å²) in [6.07, 6.45) is 0.727. The van der Waals surface area contributed by atoms with E-state index < -0.39 is 6.10 Å². The minimum Gasteiger partial charge on any atom is -0.389 e. The summed E-state index contributed by atoms with van der Waals surface area (Å²) < 4.78 is 27.5. The maximum absolute atomic E-state index is 9.50. The molecule has 130 valence electrons. The molecule has 0 aliphatic carbocycles. The third-order valence-electron chi connectivity index (χ3n) is 3.97. The maximum Gasteiger partial charge on any atom is 0.104 e. The molecule has 0 saturated carbocycles. The van der Waals surface area contributed by atoms with Crippen molar-refractivity contribution in [3.05, 3.63) is 0 Å². The number of nitrogens with two attached hydrogens (primary N) is 1. The maximum atomic E-state index is 9.50. The third-order valence-corrected chi connectivity index (χ3v) is 3.97. The van der Waals surface area contributed by atoms with Gasteiger partial charge < -0.3 is 34.5 Å². The van der Waals surface area contributed by atoms with Gasteiger partial charge in [-0.05, 0) is 6.42 Å². The van der Waals surface area contributed by atoms with E-state index in [0.717, 1.165) is 19.6 Å². The van der Waals surface area contributed by atoms with Crippen molar-refractivity contribution in [3.8, 4) is 0 Å². The first-order chi connectivity index (χ1) is 10.7. The smallest absolute Gasteiger partial charge is 0.104 e. The molecular weight excluding hydrogens is 290 g/mol. The summed E-state index contributed by atoms with van der Waals surface area (Å²) in [5, 5.41) is 9.50. The fourth-order valence-corrected chi connectivity index (χ4v) is 2.05. The lowest BCUT2D eigenvalue weighted by Gasteiger charge is -2.32. The quantitative estimate of drug-likeness (QED) is 0.418. The summed E-state index contributed by atoms with van der Waals surface area (Å²) in [5.41, 5.74) is 5.16. The Morgan fingerprint density at radius 3 is 2.00 bits per heavy atom. The van der Waals surface area contributed by atoms with Gasteiger partial charge in [0.1, 0.15) is 12.2 Å². The topological polar surface area (TPSA) is 99.0 Å². The second kappa shape index (κ2) is 9.12. The standard InChI is InChI=1S/C15H29NO6/c1-2-15(9-18-4-12(17)3-16,10-19-5-13-7-21-13)11-20-6-14-8-22-14/h12-14,17H,2-11,16H2,1H3. The highest BCUT2D eigenvalue weighted by Crippen LogP contribution is 2.25. The molecule has 2 aliphatic rings. The lowest BCUT2D eigenvalue weighted by molar-refractivity contribution is -0.0848. The summed E-state index contributed by atoms with van der Waals surface area (Å²) in [6, 6.07) is 0. The number of epoxide rings is 2. The van der Waals surface area contributed by atoms with Gasteiger partial charge in [-0.15, -0.1) is 0 Å². The number of hydrogen-bond donors (Lipinski definition) is 2. The number of ether oxygens (including phenoxy) is 5.